The molecule has 0 radical (unpaired) electrons. The Kier molecular flexibility index (Phi) is 2.74. The van der Waals surface area contributed by atoms with Crippen LogP contribution in [0.3, 0.4) is 0 Å². The second-order valence-electron chi connectivity index (χ2n) is 5.55. The number of anilines is 1. The third kappa shape index (κ3) is 2.18. The summed E-state index contributed by atoms with van der Waals surface area (Å²) >= 11 is 0. The van der Waals surface area contributed by atoms with Gasteiger partial charge in [-0.25, -0.2) is 4.98 Å². The molecule has 0 spiro atoms. The maximum atomic E-state index is 13.1. The van der Waals surface area contributed by atoms with Gasteiger partial charge in [0.1, 0.15) is 5.82 Å². The minimum atomic E-state index is -4.39. The lowest BCUT2D eigenvalue weighted by Crippen LogP contribution is -2.31. The van der Waals surface area contributed by atoms with Gasteiger partial charge in [0.15, 0.2) is 0 Å². The molecule has 3 unspecified atom stereocenters. The first-order chi connectivity index (χ1) is 8.88. The van der Waals surface area contributed by atoms with Crippen molar-refractivity contribution in [2.45, 2.75) is 32.0 Å². The average Bonchev–Trinajstić information content (AvgIpc) is 3.08. The third-order valence-electron chi connectivity index (χ3n) is 4.30. The number of nitrogens with zero attached hydrogens (tertiary/aromatic N) is 1. The predicted molar refractivity (Wildman–Crippen MR) is 65.3 cm³/mol. The van der Waals surface area contributed by atoms with Crippen LogP contribution in [0.1, 0.15) is 35.6 Å². The molecular formula is C13H16F3N3. The number of nitrogen functional groups attached to an aromatic ring is 1. The van der Waals surface area contributed by atoms with Crippen LogP contribution in [0, 0.1) is 18.8 Å². The minimum absolute atomic E-state index is 0.183. The molecule has 1 aromatic rings. The van der Waals surface area contributed by atoms with E-state index in [1.807, 2.05) is 0 Å². The molecule has 0 bridgehead atoms. The van der Waals surface area contributed by atoms with Crippen LogP contribution in [0.15, 0.2) is 6.20 Å². The summed E-state index contributed by atoms with van der Waals surface area (Å²) in [6, 6.07) is -0.259. The SMILES string of the molecule is Cc1c(N)ncc(C(F)(F)F)c1C1CC2CC2CN1. The second-order valence-corrected chi connectivity index (χ2v) is 5.55. The number of pyridine rings is 1. The van der Waals surface area contributed by atoms with Crippen molar-refractivity contribution in [1.29, 1.82) is 0 Å². The monoisotopic (exact) mass is 271 g/mol. The first-order valence-corrected chi connectivity index (χ1v) is 6.43. The van der Waals surface area contributed by atoms with Crippen LogP contribution in [-0.4, -0.2) is 11.5 Å². The predicted octanol–water partition coefficient (Wildman–Crippen LogP) is 2.66. The lowest BCUT2D eigenvalue weighted by Gasteiger charge is -2.28. The van der Waals surface area contributed by atoms with Gasteiger partial charge in [-0.2, -0.15) is 13.2 Å². The fraction of sp³-hybridized carbons (Fsp3) is 0.615. The highest BCUT2D eigenvalue weighted by Gasteiger charge is 2.45. The first-order valence-electron chi connectivity index (χ1n) is 6.43. The summed E-state index contributed by atoms with van der Waals surface area (Å²) in [7, 11) is 0. The molecule has 1 saturated heterocycles. The van der Waals surface area contributed by atoms with Crippen molar-refractivity contribution < 1.29 is 13.2 Å². The fourth-order valence-corrected chi connectivity index (χ4v) is 3.06. The minimum Gasteiger partial charge on any atom is -0.383 e. The molecule has 0 amide bonds. The normalized spacial score (nSPS) is 30.0. The van der Waals surface area contributed by atoms with Gasteiger partial charge in [-0.05, 0) is 49.3 Å². The number of fused-ring (bicyclic) bond motifs is 1. The third-order valence-corrected chi connectivity index (χ3v) is 4.30. The standard InChI is InChI=1S/C13H16F3N3/c1-6-11(10-3-7-2-8(7)4-18-10)9(13(14,15)16)5-19-12(6)17/h5,7-8,10,18H,2-4H2,1H3,(H2,17,19). The number of alkyl halides is 3. The van der Waals surface area contributed by atoms with Gasteiger partial charge in [0.25, 0.3) is 0 Å². The highest BCUT2D eigenvalue weighted by atomic mass is 19.4. The van der Waals surface area contributed by atoms with E-state index in [4.69, 9.17) is 5.73 Å². The molecule has 3 atom stereocenters. The van der Waals surface area contributed by atoms with E-state index in [0.717, 1.165) is 25.6 Å². The van der Waals surface area contributed by atoms with E-state index in [-0.39, 0.29) is 17.4 Å². The van der Waals surface area contributed by atoms with Gasteiger partial charge >= 0.3 is 6.18 Å². The Hall–Kier alpha value is -1.30. The van der Waals surface area contributed by atoms with Gasteiger partial charge in [0.05, 0.1) is 5.56 Å². The molecule has 1 aliphatic carbocycles. The van der Waals surface area contributed by atoms with Crippen molar-refractivity contribution in [1.82, 2.24) is 10.3 Å². The van der Waals surface area contributed by atoms with Crippen LogP contribution in [0.4, 0.5) is 19.0 Å². The van der Waals surface area contributed by atoms with Crippen LogP contribution in [0.2, 0.25) is 0 Å². The van der Waals surface area contributed by atoms with E-state index >= 15 is 0 Å². The lowest BCUT2D eigenvalue weighted by atomic mass is 9.91. The highest BCUT2D eigenvalue weighted by molar-refractivity contribution is 5.49. The summed E-state index contributed by atoms with van der Waals surface area (Å²) in [6.45, 7) is 2.42. The van der Waals surface area contributed by atoms with E-state index < -0.39 is 11.7 Å². The summed E-state index contributed by atoms with van der Waals surface area (Å²) in [5, 5.41) is 3.22. The number of aromatic nitrogens is 1. The maximum absolute atomic E-state index is 13.1. The van der Waals surface area contributed by atoms with Gasteiger partial charge in [-0.1, -0.05) is 0 Å². The van der Waals surface area contributed by atoms with Crippen molar-refractivity contribution in [3.05, 3.63) is 22.9 Å². The van der Waals surface area contributed by atoms with Crippen LogP contribution >= 0.6 is 0 Å². The lowest BCUT2D eigenvalue weighted by molar-refractivity contribution is -0.138. The molecule has 1 aromatic heterocycles. The van der Waals surface area contributed by atoms with Crippen LogP contribution in [-0.2, 0) is 6.18 Å². The Bertz CT molecular complexity index is 513. The van der Waals surface area contributed by atoms with Gasteiger partial charge in [0, 0.05) is 12.2 Å². The van der Waals surface area contributed by atoms with Gasteiger partial charge in [-0.3, -0.25) is 0 Å². The maximum Gasteiger partial charge on any atom is 0.418 e. The molecule has 1 aliphatic heterocycles. The summed E-state index contributed by atoms with van der Waals surface area (Å²) in [6.07, 6.45) is -1.64. The molecule has 2 fully saturated rings. The van der Waals surface area contributed by atoms with E-state index in [9.17, 15) is 13.2 Å². The van der Waals surface area contributed by atoms with Crippen LogP contribution < -0.4 is 11.1 Å². The molecule has 3 N–H and O–H groups in total. The molecule has 19 heavy (non-hydrogen) atoms. The number of rotatable bonds is 1. The topological polar surface area (TPSA) is 50.9 Å². The van der Waals surface area contributed by atoms with E-state index in [0.29, 0.717) is 17.4 Å². The number of hydrogen-bond acceptors (Lipinski definition) is 3. The zero-order chi connectivity index (χ0) is 13.8. The average molecular weight is 271 g/mol. The fourth-order valence-electron chi connectivity index (χ4n) is 3.06. The van der Waals surface area contributed by atoms with Crippen LogP contribution in [0.5, 0.6) is 0 Å². The Balaban J connectivity index is 2.04. The summed E-state index contributed by atoms with van der Waals surface area (Å²) < 4.78 is 39.3. The largest absolute Gasteiger partial charge is 0.418 e. The smallest absolute Gasteiger partial charge is 0.383 e. The molecule has 0 aromatic carbocycles. The molecule has 3 nitrogen and oxygen atoms in total. The second kappa shape index (κ2) is 4.10. The molecule has 3 rings (SSSR count). The Labute approximate surface area is 109 Å². The molecule has 2 heterocycles. The number of hydrogen-bond donors (Lipinski definition) is 2. The van der Waals surface area contributed by atoms with Crippen molar-refractivity contribution in [2.75, 3.05) is 12.3 Å². The van der Waals surface area contributed by atoms with Crippen molar-refractivity contribution in [3.63, 3.8) is 0 Å². The highest BCUT2D eigenvalue weighted by Crippen LogP contribution is 2.49. The zero-order valence-electron chi connectivity index (χ0n) is 10.6. The molecule has 104 valence electrons. The van der Waals surface area contributed by atoms with E-state index in [1.54, 1.807) is 6.92 Å². The Morgan fingerprint density at radius 2 is 2.05 bits per heavy atom. The van der Waals surface area contributed by atoms with Gasteiger partial charge in [0.2, 0.25) is 0 Å². The molecule has 1 saturated carbocycles. The molecular weight excluding hydrogens is 255 g/mol. The Morgan fingerprint density at radius 1 is 1.32 bits per heavy atom. The van der Waals surface area contributed by atoms with Crippen molar-refractivity contribution in [3.8, 4) is 0 Å². The Morgan fingerprint density at radius 3 is 2.68 bits per heavy atom. The van der Waals surface area contributed by atoms with E-state index in [1.165, 1.54) is 0 Å². The molecule has 6 heteroatoms. The number of nitrogens with two attached hydrogens (primary N) is 1. The number of piperidine rings is 1. The summed E-state index contributed by atoms with van der Waals surface area (Å²) in [5.41, 5.74) is 5.75. The summed E-state index contributed by atoms with van der Waals surface area (Å²) in [4.78, 5) is 3.66. The van der Waals surface area contributed by atoms with Gasteiger partial charge < -0.3 is 11.1 Å². The number of nitrogens with one attached hydrogen (secondary N) is 1. The van der Waals surface area contributed by atoms with E-state index in [2.05, 4.69) is 10.3 Å². The van der Waals surface area contributed by atoms with Crippen molar-refractivity contribution in [2.24, 2.45) is 11.8 Å². The molecule has 2 aliphatic rings. The van der Waals surface area contributed by atoms with Crippen LogP contribution in [0.25, 0.3) is 0 Å². The number of halogens is 3. The quantitative estimate of drug-likeness (QED) is 0.825. The van der Waals surface area contributed by atoms with Crippen molar-refractivity contribution >= 4 is 5.82 Å². The zero-order valence-corrected chi connectivity index (χ0v) is 10.6. The first kappa shape index (κ1) is 12.7. The van der Waals surface area contributed by atoms with Gasteiger partial charge in [-0.15, -0.1) is 0 Å². The summed E-state index contributed by atoms with van der Waals surface area (Å²) in [5.74, 6) is 1.41.